The second-order valence-corrected chi connectivity index (χ2v) is 6.98. The molecule has 2 heterocycles. The molecule has 0 spiro atoms. The monoisotopic (exact) mass is 358 g/mol. The van der Waals surface area contributed by atoms with Crippen molar-refractivity contribution < 1.29 is 29.2 Å². The summed E-state index contributed by atoms with van der Waals surface area (Å²) in [6.45, 7) is 3.28. The van der Waals surface area contributed by atoms with Gasteiger partial charge in [-0.3, -0.25) is 4.79 Å². The lowest BCUT2D eigenvalue weighted by Crippen LogP contribution is -2.39. The van der Waals surface area contributed by atoms with Gasteiger partial charge in [0.15, 0.2) is 22.7 Å². The molecule has 0 fully saturated rings. The highest BCUT2D eigenvalue weighted by molar-refractivity contribution is 5.98. The summed E-state index contributed by atoms with van der Waals surface area (Å²) in [6.07, 6.45) is -0.108. The van der Waals surface area contributed by atoms with Crippen LogP contribution in [0.4, 0.5) is 0 Å². The molecular formula is C19H18O7. The summed E-state index contributed by atoms with van der Waals surface area (Å²) in [5.74, 6) is 0.0634. The van der Waals surface area contributed by atoms with Gasteiger partial charge in [0.2, 0.25) is 11.2 Å². The lowest BCUT2D eigenvalue weighted by molar-refractivity contribution is -0.0235. The number of methoxy groups -OCH3 is 1. The van der Waals surface area contributed by atoms with Crippen molar-refractivity contribution in [1.29, 1.82) is 0 Å². The minimum Gasteiger partial charge on any atom is -0.507 e. The standard InChI is InChI=1S/C19H18O7/c1-19(2,23)12-7-8-6-9-14(22)13-10(20)4-5-11(21)17(13)26-16(9)18(24-3)15(8)25-12/h4-6,12,20-21,23H,7H2,1-3H3. The second kappa shape index (κ2) is 5.28. The predicted molar refractivity (Wildman–Crippen MR) is 94.3 cm³/mol. The van der Waals surface area contributed by atoms with Crippen molar-refractivity contribution in [1.82, 2.24) is 0 Å². The Kier molecular flexibility index (Phi) is 3.36. The Labute approximate surface area is 148 Å². The van der Waals surface area contributed by atoms with Crippen molar-refractivity contribution in [3.63, 3.8) is 0 Å². The number of hydrogen-bond acceptors (Lipinski definition) is 7. The average Bonchev–Trinajstić information content (AvgIpc) is 3.01. The fraction of sp³-hybridized carbons (Fsp3) is 0.316. The molecule has 3 aromatic rings. The predicted octanol–water partition coefficient (Wildman–Crippen LogP) is 2.44. The van der Waals surface area contributed by atoms with Crippen LogP contribution < -0.4 is 14.9 Å². The van der Waals surface area contributed by atoms with E-state index in [0.717, 1.165) is 0 Å². The van der Waals surface area contributed by atoms with Crippen LogP contribution in [0.25, 0.3) is 21.9 Å². The van der Waals surface area contributed by atoms with Gasteiger partial charge in [0, 0.05) is 12.0 Å². The molecule has 1 atom stereocenters. The molecule has 1 aromatic heterocycles. The van der Waals surface area contributed by atoms with Crippen LogP contribution >= 0.6 is 0 Å². The average molecular weight is 358 g/mol. The Morgan fingerprint density at radius 3 is 2.54 bits per heavy atom. The van der Waals surface area contributed by atoms with Gasteiger partial charge in [-0.15, -0.1) is 0 Å². The van der Waals surface area contributed by atoms with E-state index in [1.807, 2.05) is 0 Å². The Balaban J connectivity index is 2.10. The molecule has 136 valence electrons. The topological polar surface area (TPSA) is 109 Å². The fourth-order valence-electron chi connectivity index (χ4n) is 3.31. The first-order chi connectivity index (χ1) is 12.2. The minimum absolute atomic E-state index is 0.0996. The highest BCUT2D eigenvalue weighted by atomic mass is 16.5. The summed E-state index contributed by atoms with van der Waals surface area (Å²) in [5.41, 5.74) is -0.886. The summed E-state index contributed by atoms with van der Waals surface area (Å²) in [7, 11) is 1.42. The highest BCUT2D eigenvalue weighted by Crippen LogP contribution is 2.46. The summed E-state index contributed by atoms with van der Waals surface area (Å²) in [6, 6.07) is 4.10. The zero-order chi connectivity index (χ0) is 18.8. The van der Waals surface area contributed by atoms with Gasteiger partial charge in [-0.25, -0.2) is 0 Å². The normalized spacial score (nSPS) is 16.7. The molecule has 0 saturated carbocycles. The summed E-state index contributed by atoms with van der Waals surface area (Å²) in [5, 5.41) is 30.4. The zero-order valence-corrected chi connectivity index (χ0v) is 14.5. The molecule has 1 aliphatic heterocycles. The smallest absolute Gasteiger partial charge is 0.205 e. The molecule has 0 amide bonds. The number of phenols is 2. The number of aromatic hydroxyl groups is 2. The summed E-state index contributed by atoms with van der Waals surface area (Å²) < 4.78 is 17.0. The van der Waals surface area contributed by atoms with Gasteiger partial charge in [0.1, 0.15) is 17.2 Å². The van der Waals surface area contributed by atoms with Gasteiger partial charge in [0.25, 0.3) is 0 Å². The number of hydrogen-bond donors (Lipinski definition) is 3. The first kappa shape index (κ1) is 16.5. The number of benzene rings is 2. The van der Waals surface area contributed by atoms with Gasteiger partial charge in [-0.1, -0.05) is 0 Å². The van der Waals surface area contributed by atoms with E-state index in [2.05, 4.69) is 0 Å². The van der Waals surface area contributed by atoms with E-state index in [1.165, 1.54) is 19.2 Å². The van der Waals surface area contributed by atoms with Crippen molar-refractivity contribution in [2.45, 2.75) is 32.0 Å². The van der Waals surface area contributed by atoms with Gasteiger partial charge in [0.05, 0.1) is 18.1 Å². The van der Waals surface area contributed by atoms with Crippen LogP contribution in [-0.2, 0) is 6.42 Å². The van der Waals surface area contributed by atoms with Gasteiger partial charge >= 0.3 is 0 Å². The van der Waals surface area contributed by atoms with E-state index in [0.29, 0.717) is 17.7 Å². The van der Waals surface area contributed by atoms with Gasteiger partial charge in [-0.05, 0) is 32.0 Å². The largest absolute Gasteiger partial charge is 0.507 e. The second-order valence-electron chi connectivity index (χ2n) is 6.98. The van der Waals surface area contributed by atoms with Crippen molar-refractivity contribution in [3.8, 4) is 23.0 Å². The molecular weight excluding hydrogens is 340 g/mol. The van der Waals surface area contributed by atoms with E-state index >= 15 is 0 Å². The summed E-state index contributed by atoms with van der Waals surface area (Å²) >= 11 is 0. The van der Waals surface area contributed by atoms with Crippen molar-refractivity contribution >= 4 is 21.9 Å². The van der Waals surface area contributed by atoms with Crippen molar-refractivity contribution in [2.24, 2.45) is 0 Å². The number of rotatable bonds is 2. The third kappa shape index (κ3) is 2.20. The van der Waals surface area contributed by atoms with Gasteiger partial charge < -0.3 is 29.2 Å². The number of fused-ring (bicyclic) bond motifs is 3. The van der Waals surface area contributed by atoms with E-state index in [1.54, 1.807) is 19.9 Å². The van der Waals surface area contributed by atoms with Gasteiger partial charge in [-0.2, -0.15) is 0 Å². The maximum atomic E-state index is 12.9. The quantitative estimate of drug-likeness (QED) is 0.477. The van der Waals surface area contributed by atoms with Crippen LogP contribution in [0.3, 0.4) is 0 Å². The molecule has 7 heteroatoms. The molecule has 4 rings (SSSR count). The molecule has 0 bridgehead atoms. The molecule has 26 heavy (non-hydrogen) atoms. The zero-order valence-electron chi connectivity index (χ0n) is 14.5. The number of aliphatic hydroxyl groups is 1. The molecule has 1 aliphatic rings. The fourth-order valence-corrected chi connectivity index (χ4v) is 3.31. The highest BCUT2D eigenvalue weighted by Gasteiger charge is 2.38. The van der Waals surface area contributed by atoms with Crippen LogP contribution in [0.2, 0.25) is 0 Å². The Morgan fingerprint density at radius 2 is 1.88 bits per heavy atom. The SMILES string of the molecule is COc1c2c(cc3c(=O)c4c(O)ccc(O)c4oc13)CC(C(C)(C)O)O2. The lowest BCUT2D eigenvalue weighted by atomic mass is 9.96. The molecule has 0 saturated heterocycles. The minimum atomic E-state index is -1.09. The van der Waals surface area contributed by atoms with Crippen LogP contribution in [0.1, 0.15) is 19.4 Å². The van der Waals surface area contributed by atoms with Crippen LogP contribution in [0.5, 0.6) is 23.0 Å². The molecule has 1 unspecified atom stereocenters. The number of phenolic OH excluding ortho intramolecular Hbond substituents is 2. The third-order valence-corrected chi connectivity index (χ3v) is 4.72. The Hall–Kier alpha value is -2.93. The van der Waals surface area contributed by atoms with Crippen molar-refractivity contribution in [3.05, 3.63) is 34.0 Å². The van der Waals surface area contributed by atoms with E-state index < -0.39 is 17.1 Å². The first-order valence-corrected chi connectivity index (χ1v) is 8.12. The first-order valence-electron chi connectivity index (χ1n) is 8.12. The van der Waals surface area contributed by atoms with E-state index in [4.69, 9.17) is 13.9 Å². The Bertz CT molecular complexity index is 1110. The summed E-state index contributed by atoms with van der Waals surface area (Å²) in [4.78, 5) is 12.9. The molecule has 0 radical (unpaired) electrons. The molecule has 7 nitrogen and oxygen atoms in total. The van der Waals surface area contributed by atoms with Crippen LogP contribution in [-0.4, -0.2) is 34.1 Å². The molecule has 2 aromatic carbocycles. The van der Waals surface area contributed by atoms with E-state index in [9.17, 15) is 20.1 Å². The molecule has 0 aliphatic carbocycles. The third-order valence-electron chi connectivity index (χ3n) is 4.72. The van der Waals surface area contributed by atoms with E-state index in [-0.39, 0.29) is 39.2 Å². The van der Waals surface area contributed by atoms with Crippen LogP contribution in [0.15, 0.2) is 27.4 Å². The molecule has 3 N–H and O–H groups in total. The maximum Gasteiger partial charge on any atom is 0.205 e. The maximum absolute atomic E-state index is 12.9. The van der Waals surface area contributed by atoms with Crippen LogP contribution in [0, 0.1) is 0 Å². The lowest BCUT2D eigenvalue weighted by Gasteiger charge is -2.24. The van der Waals surface area contributed by atoms with Crippen molar-refractivity contribution in [2.75, 3.05) is 7.11 Å². The Morgan fingerprint density at radius 1 is 1.19 bits per heavy atom. The number of ether oxygens (including phenoxy) is 2.